The van der Waals surface area contributed by atoms with Gasteiger partial charge in [-0.3, -0.25) is 14.5 Å². The molecule has 4 nitrogen and oxygen atoms in total. The summed E-state index contributed by atoms with van der Waals surface area (Å²) in [5.74, 6) is -2.67. The Labute approximate surface area is 177 Å². The molecule has 0 radical (unpaired) electrons. The molecule has 0 spiro atoms. The molecule has 3 aromatic rings. The average molecular weight is 422 g/mol. The number of nitrogens with zero attached hydrogens (tertiary/aromatic N) is 1. The second kappa shape index (κ2) is 7.76. The van der Waals surface area contributed by atoms with Crippen molar-refractivity contribution in [1.82, 2.24) is 0 Å². The lowest BCUT2D eigenvalue weighted by Crippen LogP contribution is -2.29. The van der Waals surface area contributed by atoms with Crippen LogP contribution in [-0.2, 0) is 9.59 Å². The third-order valence-electron chi connectivity index (χ3n) is 5.07. The average Bonchev–Trinajstić information content (AvgIpc) is 3.00. The van der Waals surface area contributed by atoms with Gasteiger partial charge in [0.05, 0.1) is 11.6 Å². The van der Waals surface area contributed by atoms with Gasteiger partial charge in [0, 0.05) is 21.8 Å². The van der Waals surface area contributed by atoms with Gasteiger partial charge in [0.1, 0.15) is 11.6 Å². The molecule has 6 heteroatoms. The highest BCUT2D eigenvalue weighted by atomic mass is 35.5. The van der Waals surface area contributed by atoms with E-state index < -0.39 is 23.5 Å². The Balaban J connectivity index is 1.96. The zero-order chi connectivity index (χ0) is 21.4. The van der Waals surface area contributed by atoms with Gasteiger partial charge in [-0.05, 0) is 49.4 Å². The number of carbonyl (C=O) groups is 2. The van der Waals surface area contributed by atoms with Crippen LogP contribution in [0.25, 0.3) is 5.76 Å². The van der Waals surface area contributed by atoms with Crippen LogP contribution >= 0.6 is 11.6 Å². The lowest BCUT2D eigenvalue weighted by Gasteiger charge is -2.25. The highest BCUT2D eigenvalue weighted by Gasteiger charge is 2.47. The van der Waals surface area contributed by atoms with Gasteiger partial charge in [-0.25, -0.2) is 4.39 Å². The molecule has 1 saturated heterocycles. The molecule has 0 bridgehead atoms. The van der Waals surface area contributed by atoms with E-state index in [0.717, 1.165) is 5.56 Å². The number of anilines is 1. The van der Waals surface area contributed by atoms with Crippen LogP contribution < -0.4 is 4.90 Å². The molecule has 0 aliphatic carbocycles. The van der Waals surface area contributed by atoms with Crippen molar-refractivity contribution in [2.75, 3.05) is 4.90 Å². The number of ketones is 1. The Morgan fingerprint density at radius 3 is 2.23 bits per heavy atom. The Kier molecular flexibility index (Phi) is 5.14. The molecule has 150 valence electrons. The summed E-state index contributed by atoms with van der Waals surface area (Å²) in [5.41, 5.74) is 1.66. The van der Waals surface area contributed by atoms with Crippen molar-refractivity contribution >= 4 is 34.7 Å². The standard InChI is InChI=1S/C24H17ClFNO3/c1-14-6-12-17(13-7-14)27-21(18-4-2-3-5-19(18)26)20(23(29)24(27)30)22(28)15-8-10-16(25)11-9-15/h2-13,21,28H,1H3/b22-20-. The summed E-state index contributed by atoms with van der Waals surface area (Å²) in [6, 6.07) is 18.0. The van der Waals surface area contributed by atoms with E-state index in [9.17, 15) is 19.1 Å². The van der Waals surface area contributed by atoms with Crippen LogP contribution in [-0.4, -0.2) is 16.8 Å². The number of aryl methyl sites for hydroxylation is 1. The number of halogens is 2. The largest absolute Gasteiger partial charge is 0.507 e. The second-order valence-electron chi connectivity index (χ2n) is 7.03. The third kappa shape index (κ3) is 3.37. The number of aliphatic hydroxyl groups is 1. The Hall–Kier alpha value is -3.44. The van der Waals surface area contributed by atoms with E-state index in [0.29, 0.717) is 16.3 Å². The van der Waals surface area contributed by atoms with Crippen molar-refractivity contribution in [2.24, 2.45) is 0 Å². The van der Waals surface area contributed by atoms with Crippen LogP contribution in [0.15, 0.2) is 78.4 Å². The van der Waals surface area contributed by atoms with Crippen LogP contribution in [0.5, 0.6) is 0 Å². The molecular formula is C24H17ClFNO3. The van der Waals surface area contributed by atoms with E-state index >= 15 is 0 Å². The molecular weight excluding hydrogens is 405 g/mol. The number of benzene rings is 3. The van der Waals surface area contributed by atoms with E-state index in [4.69, 9.17) is 11.6 Å². The molecule has 4 rings (SSSR count). The topological polar surface area (TPSA) is 57.6 Å². The van der Waals surface area contributed by atoms with Gasteiger partial charge in [-0.1, -0.05) is 47.5 Å². The summed E-state index contributed by atoms with van der Waals surface area (Å²) >= 11 is 5.91. The van der Waals surface area contributed by atoms with E-state index in [-0.39, 0.29) is 16.9 Å². The monoisotopic (exact) mass is 421 g/mol. The smallest absolute Gasteiger partial charge is 0.300 e. The molecule has 0 aromatic heterocycles. The van der Waals surface area contributed by atoms with Gasteiger partial charge in [-0.15, -0.1) is 0 Å². The highest BCUT2D eigenvalue weighted by Crippen LogP contribution is 2.42. The maximum Gasteiger partial charge on any atom is 0.300 e. The molecule has 3 aromatic carbocycles. The molecule has 0 saturated carbocycles. The minimum atomic E-state index is -1.11. The Morgan fingerprint density at radius 1 is 0.967 bits per heavy atom. The molecule has 1 heterocycles. The lowest BCUT2D eigenvalue weighted by molar-refractivity contribution is -0.132. The van der Waals surface area contributed by atoms with Crippen molar-refractivity contribution in [3.63, 3.8) is 0 Å². The number of hydrogen-bond acceptors (Lipinski definition) is 3. The molecule has 1 atom stereocenters. The molecule has 1 fully saturated rings. The number of aliphatic hydroxyl groups excluding tert-OH is 1. The van der Waals surface area contributed by atoms with Crippen molar-refractivity contribution in [1.29, 1.82) is 0 Å². The molecule has 1 unspecified atom stereocenters. The summed E-state index contributed by atoms with van der Waals surface area (Å²) in [6.07, 6.45) is 0. The predicted octanol–water partition coefficient (Wildman–Crippen LogP) is 5.41. The molecule has 1 aliphatic rings. The molecule has 1 aliphatic heterocycles. The third-order valence-corrected chi connectivity index (χ3v) is 5.33. The fourth-order valence-electron chi connectivity index (χ4n) is 3.56. The predicted molar refractivity (Wildman–Crippen MR) is 114 cm³/mol. The van der Waals surface area contributed by atoms with Crippen LogP contribution in [0, 0.1) is 12.7 Å². The number of amides is 1. The van der Waals surface area contributed by atoms with Gasteiger partial charge in [0.25, 0.3) is 11.7 Å². The summed E-state index contributed by atoms with van der Waals surface area (Å²) in [4.78, 5) is 27.2. The number of rotatable bonds is 3. The lowest BCUT2D eigenvalue weighted by atomic mass is 9.94. The fraction of sp³-hybridized carbons (Fsp3) is 0.0833. The number of Topliss-reactive ketones (excluding diaryl/α,β-unsaturated/α-hetero) is 1. The van der Waals surface area contributed by atoms with E-state index in [2.05, 4.69) is 0 Å². The maximum absolute atomic E-state index is 14.8. The maximum atomic E-state index is 14.8. The number of carbonyl (C=O) groups excluding carboxylic acids is 2. The summed E-state index contributed by atoms with van der Waals surface area (Å²) < 4.78 is 14.8. The minimum Gasteiger partial charge on any atom is -0.507 e. The SMILES string of the molecule is Cc1ccc(N2C(=O)C(=O)/C(=C(\O)c3ccc(Cl)cc3)C2c2ccccc2F)cc1. The quantitative estimate of drug-likeness (QED) is 0.349. The van der Waals surface area contributed by atoms with E-state index in [1.54, 1.807) is 42.5 Å². The first-order valence-electron chi connectivity index (χ1n) is 9.26. The summed E-state index contributed by atoms with van der Waals surface area (Å²) in [6.45, 7) is 1.90. The normalized spacial score (nSPS) is 18.1. The van der Waals surface area contributed by atoms with Crippen molar-refractivity contribution < 1.29 is 19.1 Å². The highest BCUT2D eigenvalue weighted by molar-refractivity contribution is 6.51. The van der Waals surface area contributed by atoms with Crippen molar-refractivity contribution in [2.45, 2.75) is 13.0 Å². The van der Waals surface area contributed by atoms with Crippen LogP contribution in [0.2, 0.25) is 5.02 Å². The van der Waals surface area contributed by atoms with E-state index in [1.807, 2.05) is 6.92 Å². The second-order valence-corrected chi connectivity index (χ2v) is 7.47. The minimum absolute atomic E-state index is 0.118. The van der Waals surface area contributed by atoms with Gasteiger partial charge in [0.2, 0.25) is 0 Å². The van der Waals surface area contributed by atoms with Gasteiger partial charge < -0.3 is 5.11 Å². The van der Waals surface area contributed by atoms with Gasteiger partial charge >= 0.3 is 0 Å². The first kappa shape index (κ1) is 19.9. The van der Waals surface area contributed by atoms with Gasteiger partial charge in [-0.2, -0.15) is 0 Å². The Bertz CT molecular complexity index is 1170. The van der Waals surface area contributed by atoms with E-state index in [1.165, 1.54) is 35.2 Å². The zero-order valence-corrected chi connectivity index (χ0v) is 16.7. The molecule has 1 N–H and O–H groups in total. The zero-order valence-electron chi connectivity index (χ0n) is 16.0. The summed E-state index contributed by atoms with van der Waals surface area (Å²) in [7, 11) is 0. The van der Waals surface area contributed by atoms with Crippen molar-refractivity contribution in [3.05, 3.63) is 106 Å². The molecule has 30 heavy (non-hydrogen) atoms. The van der Waals surface area contributed by atoms with Crippen molar-refractivity contribution in [3.8, 4) is 0 Å². The van der Waals surface area contributed by atoms with Gasteiger partial charge in [0.15, 0.2) is 0 Å². The summed E-state index contributed by atoms with van der Waals surface area (Å²) in [5, 5.41) is 11.4. The van der Waals surface area contributed by atoms with Crippen LogP contribution in [0.3, 0.4) is 0 Å². The first-order valence-corrected chi connectivity index (χ1v) is 9.64. The fourth-order valence-corrected chi connectivity index (χ4v) is 3.68. The van der Waals surface area contributed by atoms with Crippen LogP contribution in [0.4, 0.5) is 10.1 Å². The molecule has 1 amide bonds. The Morgan fingerprint density at radius 2 is 1.60 bits per heavy atom. The van der Waals surface area contributed by atoms with Crippen LogP contribution in [0.1, 0.15) is 22.7 Å². The number of hydrogen-bond donors (Lipinski definition) is 1. The first-order chi connectivity index (χ1) is 14.4.